The van der Waals surface area contributed by atoms with Crippen molar-refractivity contribution >= 4 is 28.8 Å². The lowest BCUT2D eigenvalue weighted by Gasteiger charge is -2.10. The lowest BCUT2D eigenvalue weighted by molar-refractivity contribution is 0.0959. The minimum atomic E-state index is -0.375. The standard InChI is InChI=1S/C19H17N3O3S/c1-3-10-20-17(23)13-7-4-5-8-14(13)21-18(24)16-12(2)26-19(22-16)15-9-6-11-25-15/h3-9,11H,1,10H2,2H3,(H,20,23)(H,21,24). The van der Waals surface area contributed by atoms with Gasteiger partial charge in [-0.15, -0.1) is 17.9 Å². The Morgan fingerprint density at radius 1 is 1.23 bits per heavy atom. The second-order valence-corrected chi connectivity index (χ2v) is 6.60. The highest BCUT2D eigenvalue weighted by atomic mass is 32.1. The number of hydrogen-bond donors (Lipinski definition) is 2. The van der Waals surface area contributed by atoms with E-state index in [2.05, 4.69) is 22.2 Å². The van der Waals surface area contributed by atoms with Crippen LogP contribution < -0.4 is 10.6 Å². The quantitative estimate of drug-likeness (QED) is 0.648. The normalized spacial score (nSPS) is 10.3. The average molecular weight is 367 g/mol. The van der Waals surface area contributed by atoms with Crippen LogP contribution in [0.3, 0.4) is 0 Å². The van der Waals surface area contributed by atoms with Gasteiger partial charge in [-0.25, -0.2) is 4.98 Å². The number of rotatable bonds is 6. The van der Waals surface area contributed by atoms with Crippen LogP contribution in [0.4, 0.5) is 5.69 Å². The molecule has 2 heterocycles. The van der Waals surface area contributed by atoms with Crippen LogP contribution in [-0.2, 0) is 0 Å². The molecule has 0 aliphatic carbocycles. The zero-order chi connectivity index (χ0) is 18.5. The number of thiazole rings is 1. The van der Waals surface area contributed by atoms with Crippen molar-refractivity contribution in [2.24, 2.45) is 0 Å². The number of para-hydroxylation sites is 1. The van der Waals surface area contributed by atoms with E-state index in [-0.39, 0.29) is 11.8 Å². The molecule has 0 saturated heterocycles. The van der Waals surface area contributed by atoms with Gasteiger partial charge in [-0.2, -0.15) is 0 Å². The smallest absolute Gasteiger partial charge is 0.275 e. The summed E-state index contributed by atoms with van der Waals surface area (Å²) in [7, 11) is 0. The van der Waals surface area contributed by atoms with E-state index in [1.807, 2.05) is 6.92 Å². The largest absolute Gasteiger partial charge is 0.462 e. The predicted octanol–water partition coefficient (Wildman–Crippen LogP) is 3.88. The number of anilines is 1. The van der Waals surface area contributed by atoms with Crippen LogP contribution >= 0.6 is 11.3 Å². The van der Waals surface area contributed by atoms with Crippen molar-refractivity contribution in [1.82, 2.24) is 10.3 Å². The summed E-state index contributed by atoms with van der Waals surface area (Å²) in [5.41, 5.74) is 1.11. The van der Waals surface area contributed by atoms with Crippen LogP contribution in [0.1, 0.15) is 25.7 Å². The first-order valence-corrected chi connectivity index (χ1v) is 8.72. The fraction of sp³-hybridized carbons (Fsp3) is 0.105. The predicted molar refractivity (Wildman–Crippen MR) is 101 cm³/mol. The number of hydrogen-bond acceptors (Lipinski definition) is 5. The summed E-state index contributed by atoms with van der Waals surface area (Å²) in [4.78, 5) is 30.0. The van der Waals surface area contributed by atoms with Crippen molar-refractivity contribution in [3.05, 3.63) is 71.5 Å². The van der Waals surface area contributed by atoms with E-state index in [4.69, 9.17) is 4.42 Å². The number of nitrogens with zero attached hydrogens (tertiary/aromatic N) is 1. The Morgan fingerprint density at radius 2 is 2.04 bits per heavy atom. The van der Waals surface area contributed by atoms with Crippen LogP contribution in [-0.4, -0.2) is 23.3 Å². The van der Waals surface area contributed by atoms with Gasteiger partial charge < -0.3 is 15.1 Å². The highest BCUT2D eigenvalue weighted by Crippen LogP contribution is 2.28. The maximum absolute atomic E-state index is 12.7. The van der Waals surface area contributed by atoms with Crippen LogP contribution in [0.5, 0.6) is 0 Å². The van der Waals surface area contributed by atoms with Gasteiger partial charge in [0.25, 0.3) is 11.8 Å². The zero-order valence-electron chi connectivity index (χ0n) is 14.1. The van der Waals surface area contributed by atoms with Crippen molar-refractivity contribution in [3.8, 4) is 10.8 Å². The number of carbonyl (C=O) groups excluding carboxylic acids is 2. The maximum atomic E-state index is 12.7. The minimum absolute atomic E-state index is 0.285. The third-order valence-corrected chi connectivity index (χ3v) is 4.56. The Labute approximate surface area is 154 Å². The van der Waals surface area contributed by atoms with Gasteiger partial charge in [-0.05, 0) is 31.2 Å². The molecule has 0 fully saturated rings. The summed E-state index contributed by atoms with van der Waals surface area (Å²) in [6.07, 6.45) is 3.15. The van der Waals surface area contributed by atoms with Crippen LogP contribution in [0.15, 0.2) is 59.7 Å². The monoisotopic (exact) mass is 367 g/mol. The Bertz CT molecular complexity index is 945. The molecule has 0 aliphatic rings. The van der Waals surface area contributed by atoms with Gasteiger partial charge in [0.2, 0.25) is 0 Å². The number of aromatic nitrogens is 1. The first-order chi connectivity index (χ1) is 12.6. The molecule has 26 heavy (non-hydrogen) atoms. The van der Waals surface area contributed by atoms with Gasteiger partial charge in [-0.1, -0.05) is 18.2 Å². The molecule has 132 valence electrons. The molecular formula is C19H17N3O3S. The summed E-state index contributed by atoms with van der Waals surface area (Å²) in [5.74, 6) is -0.0473. The molecule has 6 nitrogen and oxygen atoms in total. The van der Waals surface area contributed by atoms with Gasteiger partial charge in [-0.3, -0.25) is 9.59 Å². The molecule has 7 heteroatoms. The van der Waals surface area contributed by atoms with Gasteiger partial charge in [0, 0.05) is 11.4 Å². The van der Waals surface area contributed by atoms with E-state index in [1.54, 1.807) is 48.7 Å². The van der Waals surface area contributed by atoms with Gasteiger partial charge in [0.05, 0.1) is 17.5 Å². The first-order valence-electron chi connectivity index (χ1n) is 7.91. The Hall–Kier alpha value is -3.19. The molecule has 3 rings (SSSR count). The molecule has 1 aromatic carbocycles. The number of amides is 2. The second kappa shape index (κ2) is 7.79. The number of nitrogens with one attached hydrogen (secondary N) is 2. The van der Waals surface area contributed by atoms with Crippen molar-refractivity contribution in [2.75, 3.05) is 11.9 Å². The third-order valence-electron chi connectivity index (χ3n) is 3.57. The molecular weight excluding hydrogens is 350 g/mol. The molecule has 0 saturated carbocycles. The van der Waals surface area contributed by atoms with Crippen molar-refractivity contribution < 1.29 is 14.0 Å². The fourth-order valence-corrected chi connectivity index (χ4v) is 3.22. The fourth-order valence-electron chi connectivity index (χ4n) is 2.34. The molecule has 0 aliphatic heterocycles. The summed E-state index contributed by atoms with van der Waals surface area (Å²) in [6.45, 7) is 5.74. The molecule has 0 spiro atoms. The number of furan rings is 1. The SMILES string of the molecule is C=CCNC(=O)c1ccccc1NC(=O)c1nc(-c2ccco2)sc1C. The molecule has 2 N–H and O–H groups in total. The van der Waals surface area contributed by atoms with E-state index in [0.29, 0.717) is 34.3 Å². The Balaban J connectivity index is 1.83. The van der Waals surface area contributed by atoms with Crippen molar-refractivity contribution in [2.45, 2.75) is 6.92 Å². The van der Waals surface area contributed by atoms with Crippen LogP contribution in [0.2, 0.25) is 0 Å². The molecule has 0 atom stereocenters. The molecule has 0 bridgehead atoms. The van der Waals surface area contributed by atoms with E-state index in [1.165, 1.54) is 11.3 Å². The Kier molecular flexibility index (Phi) is 5.28. The Morgan fingerprint density at radius 3 is 2.77 bits per heavy atom. The summed E-state index contributed by atoms with van der Waals surface area (Å²) in [5, 5.41) is 6.11. The molecule has 0 unspecified atom stereocenters. The summed E-state index contributed by atoms with van der Waals surface area (Å²) in [6, 6.07) is 10.4. The van der Waals surface area contributed by atoms with E-state index in [9.17, 15) is 9.59 Å². The molecule has 3 aromatic rings. The third kappa shape index (κ3) is 3.73. The highest BCUT2D eigenvalue weighted by Gasteiger charge is 2.19. The average Bonchev–Trinajstić information content (AvgIpc) is 3.29. The van der Waals surface area contributed by atoms with Gasteiger partial charge in [0.15, 0.2) is 10.8 Å². The van der Waals surface area contributed by atoms with E-state index in [0.717, 1.165) is 4.88 Å². The lowest BCUT2D eigenvalue weighted by atomic mass is 10.1. The summed E-state index contributed by atoms with van der Waals surface area (Å²) < 4.78 is 5.33. The highest BCUT2D eigenvalue weighted by molar-refractivity contribution is 7.15. The number of benzene rings is 1. The molecule has 2 amide bonds. The van der Waals surface area contributed by atoms with Gasteiger partial charge in [0.1, 0.15) is 5.69 Å². The van der Waals surface area contributed by atoms with E-state index < -0.39 is 0 Å². The summed E-state index contributed by atoms with van der Waals surface area (Å²) >= 11 is 1.38. The lowest BCUT2D eigenvalue weighted by Crippen LogP contribution is -2.25. The topological polar surface area (TPSA) is 84.2 Å². The maximum Gasteiger partial charge on any atom is 0.275 e. The zero-order valence-corrected chi connectivity index (χ0v) is 14.9. The molecule has 0 radical (unpaired) electrons. The van der Waals surface area contributed by atoms with E-state index >= 15 is 0 Å². The van der Waals surface area contributed by atoms with Crippen LogP contribution in [0, 0.1) is 6.92 Å². The van der Waals surface area contributed by atoms with Gasteiger partial charge >= 0.3 is 0 Å². The number of carbonyl (C=O) groups is 2. The molecule has 2 aromatic heterocycles. The first kappa shape index (κ1) is 17.6. The van der Waals surface area contributed by atoms with Crippen molar-refractivity contribution in [1.29, 1.82) is 0 Å². The van der Waals surface area contributed by atoms with Crippen LogP contribution in [0.25, 0.3) is 10.8 Å². The second-order valence-electron chi connectivity index (χ2n) is 5.40. The minimum Gasteiger partial charge on any atom is -0.462 e. The van der Waals surface area contributed by atoms with Crippen molar-refractivity contribution in [3.63, 3.8) is 0 Å². The number of aryl methyl sites for hydroxylation is 1.